The predicted molar refractivity (Wildman–Crippen MR) is 78.2 cm³/mol. The van der Waals surface area contributed by atoms with Gasteiger partial charge in [-0.1, -0.05) is 18.2 Å². The molecular weight excluding hydrogens is 252 g/mol. The van der Waals surface area contributed by atoms with E-state index < -0.39 is 0 Å². The van der Waals surface area contributed by atoms with Gasteiger partial charge in [-0.3, -0.25) is 14.6 Å². The Morgan fingerprint density at radius 3 is 2.55 bits per heavy atom. The maximum Gasteiger partial charge on any atom is 0.241 e. The molecule has 1 amide bonds. The maximum absolute atomic E-state index is 12.2. The molecule has 0 saturated carbocycles. The Labute approximate surface area is 119 Å². The number of nitrogens with zero attached hydrogens (tertiary/aromatic N) is 3. The molecule has 1 aromatic carbocycles. The molecule has 0 aliphatic carbocycles. The van der Waals surface area contributed by atoms with Crippen LogP contribution in [-0.4, -0.2) is 54.5 Å². The Balaban J connectivity index is 1.84. The average molecular weight is 272 g/mol. The summed E-state index contributed by atoms with van der Waals surface area (Å²) in [6.07, 6.45) is 0. The fourth-order valence-electron chi connectivity index (χ4n) is 2.34. The molecular formula is C15H20N4O. The summed E-state index contributed by atoms with van der Waals surface area (Å²) in [7, 11) is 0. The van der Waals surface area contributed by atoms with Gasteiger partial charge < -0.3 is 5.32 Å². The van der Waals surface area contributed by atoms with Gasteiger partial charge in [-0.25, -0.2) is 0 Å². The number of nitrogens with one attached hydrogen (secondary N) is 1. The van der Waals surface area contributed by atoms with Gasteiger partial charge in [0, 0.05) is 31.9 Å². The van der Waals surface area contributed by atoms with E-state index in [9.17, 15) is 4.79 Å². The maximum atomic E-state index is 12.2. The number of hydrogen-bond donors (Lipinski definition) is 1. The summed E-state index contributed by atoms with van der Waals surface area (Å²) in [6, 6.07) is 11.5. The number of amides is 1. The van der Waals surface area contributed by atoms with E-state index in [0.717, 1.165) is 31.9 Å². The fraction of sp³-hybridized carbons (Fsp3) is 0.467. The highest BCUT2D eigenvalue weighted by atomic mass is 16.2. The standard InChI is InChI=1S/C15H20N4O/c1-13(15(20)17-14-5-3-2-4-6-14)19-11-9-18(8-7-16)10-12-19/h2-6,13H,8-12H2,1H3,(H,17,20). The van der Waals surface area contributed by atoms with Crippen molar-refractivity contribution in [3.63, 3.8) is 0 Å². The van der Waals surface area contributed by atoms with Crippen molar-refractivity contribution in [2.24, 2.45) is 0 Å². The molecule has 5 heteroatoms. The van der Waals surface area contributed by atoms with Crippen LogP contribution in [0, 0.1) is 11.3 Å². The molecule has 106 valence electrons. The lowest BCUT2D eigenvalue weighted by Crippen LogP contribution is -2.52. The van der Waals surface area contributed by atoms with Crippen molar-refractivity contribution in [3.8, 4) is 6.07 Å². The molecule has 1 aliphatic rings. The summed E-state index contributed by atoms with van der Waals surface area (Å²) in [5.74, 6) is 0.0185. The zero-order chi connectivity index (χ0) is 14.4. The molecule has 1 aliphatic heterocycles. The van der Waals surface area contributed by atoms with Gasteiger partial charge in [-0.15, -0.1) is 0 Å². The molecule has 1 atom stereocenters. The van der Waals surface area contributed by atoms with E-state index in [4.69, 9.17) is 5.26 Å². The quantitative estimate of drug-likeness (QED) is 0.835. The molecule has 2 rings (SSSR count). The SMILES string of the molecule is CC(C(=O)Nc1ccccc1)N1CCN(CC#N)CC1. The molecule has 1 saturated heterocycles. The van der Waals surface area contributed by atoms with Crippen molar-refractivity contribution in [2.75, 3.05) is 38.0 Å². The lowest BCUT2D eigenvalue weighted by Gasteiger charge is -2.36. The van der Waals surface area contributed by atoms with Crippen LogP contribution in [0.3, 0.4) is 0 Å². The van der Waals surface area contributed by atoms with Gasteiger partial charge in [-0.05, 0) is 19.1 Å². The number of carbonyl (C=O) groups is 1. The van der Waals surface area contributed by atoms with Crippen LogP contribution in [0.25, 0.3) is 0 Å². The first kappa shape index (κ1) is 14.5. The second-order valence-electron chi connectivity index (χ2n) is 5.00. The first-order chi connectivity index (χ1) is 9.70. The third kappa shape index (κ3) is 3.80. The second-order valence-corrected chi connectivity index (χ2v) is 5.00. The number of carbonyl (C=O) groups excluding carboxylic acids is 1. The number of anilines is 1. The largest absolute Gasteiger partial charge is 0.325 e. The Bertz CT molecular complexity index is 474. The van der Waals surface area contributed by atoms with Crippen LogP contribution < -0.4 is 5.32 Å². The number of nitriles is 1. The van der Waals surface area contributed by atoms with Crippen molar-refractivity contribution in [2.45, 2.75) is 13.0 Å². The molecule has 5 nitrogen and oxygen atoms in total. The van der Waals surface area contributed by atoms with Crippen molar-refractivity contribution in [3.05, 3.63) is 30.3 Å². The summed E-state index contributed by atoms with van der Waals surface area (Å²) < 4.78 is 0. The van der Waals surface area contributed by atoms with Gasteiger partial charge in [0.05, 0.1) is 18.7 Å². The Morgan fingerprint density at radius 2 is 1.95 bits per heavy atom. The first-order valence-corrected chi connectivity index (χ1v) is 6.90. The third-order valence-corrected chi connectivity index (χ3v) is 3.67. The topological polar surface area (TPSA) is 59.4 Å². The normalized spacial score (nSPS) is 18.2. The minimum atomic E-state index is -0.153. The van der Waals surface area contributed by atoms with Crippen molar-refractivity contribution in [1.29, 1.82) is 5.26 Å². The summed E-state index contributed by atoms with van der Waals surface area (Å²) in [6.45, 7) is 5.74. The molecule has 1 N–H and O–H groups in total. The summed E-state index contributed by atoms with van der Waals surface area (Å²) in [5.41, 5.74) is 0.826. The minimum Gasteiger partial charge on any atom is -0.325 e. The predicted octanol–water partition coefficient (Wildman–Crippen LogP) is 1.15. The van der Waals surface area contributed by atoms with Crippen molar-refractivity contribution >= 4 is 11.6 Å². The smallest absolute Gasteiger partial charge is 0.241 e. The van der Waals surface area contributed by atoms with Crippen LogP contribution in [0.2, 0.25) is 0 Å². The van der Waals surface area contributed by atoms with E-state index in [1.165, 1.54) is 0 Å². The van der Waals surface area contributed by atoms with E-state index in [1.54, 1.807) is 0 Å². The van der Waals surface area contributed by atoms with E-state index in [-0.39, 0.29) is 11.9 Å². The Kier molecular flexibility index (Phi) is 5.10. The van der Waals surface area contributed by atoms with Crippen molar-refractivity contribution < 1.29 is 4.79 Å². The highest BCUT2D eigenvalue weighted by Gasteiger charge is 2.25. The van der Waals surface area contributed by atoms with E-state index in [0.29, 0.717) is 6.54 Å². The van der Waals surface area contributed by atoms with E-state index in [2.05, 4.69) is 21.2 Å². The summed E-state index contributed by atoms with van der Waals surface area (Å²) >= 11 is 0. The van der Waals surface area contributed by atoms with Gasteiger partial charge in [0.2, 0.25) is 5.91 Å². The zero-order valence-electron chi connectivity index (χ0n) is 11.7. The monoisotopic (exact) mass is 272 g/mol. The van der Waals surface area contributed by atoms with Crippen molar-refractivity contribution in [1.82, 2.24) is 9.80 Å². The van der Waals surface area contributed by atoms with Gasteiger partial charge in [-0.2, -0.15) is 5.26 Å². The second kappa shape index (κ2) is 7.04. The van der Waals surface area contributed by atoms with E-state index in [1.807, 2.05) is 37.3 Å². The molecule has 0 spiro atoms. The minimum absolute atomic E-state index is 0.0185. The number of rotatable bonds is 4. The van der Waals surface area contributed by atoms with Crippen LogP contribution in [0.1, 0.15) is 6.92 Å². The average Bonchev–Trinajstić information content (AvgIpc) is 2.48. The third-order valence-electron chi connectivity index (χ3n) is 3.67. The van der Waals surface area contributed by atoms with Gasteiger partial charge in [0.15, 0.2) is 0 Å². The Hall–Kier alpha value is -1.90. The molecule has 0 bridgehead atoms. The number of para-hydroxylation sites is 1. The number of benzene rings is 1. The number of piperazine rings is 1. The van der Waals surface area contributed by atoms with Gasteiger partial charge in [0.1, 0.15) is 0 Å². The Morgan fingerprint density at radius 1 is 1.30 bits per heavy atom. The van der Waals surface area contributed by atoms with Gasteiger partial charge >= 0.3 is 0 Å². The molecule has 1 heterocycles. The molecule has 0 aromatic heterocycles. The molecule has 1 unspecified atom stereocenters. The fourth-order valence-corrected chi connectivity index (χ4v) is 2.34. The van der Waals surface area contributed by atoms with Crippen LogP contribution in [0.15, 0.2) is 30.3 Å². The summed E-state index contributed by atoms with van der Waals surface area (Å²) in [5, 5.41) is 11.6. The molecule has 1 aromatic rings. The van der Waals surface area contributed by atoms with Gasteiger partial charge in [0.25, 0.3) is 0 Å². The molecule has 20 heavy (non-hydrogen) atoms. The lowest BCUT2D eigenvalue weighted by atomic mass is 10.2. The van der Waals surface area contributed by atoms with Crippen LogP contribution >= 0.6 is 0 Å². The van der Waals surface area contributed by atoms with Crippen LogP contribution in [0.4, 0.5) is 5.69 Å². The highest BCUT2D eigenvalue weighted by Crippen LogP contribution is 2.10. The van der Waals surface area contributed by atoms with Crippen LogP contribution in [0.5, 0.6) is 0 Å². The summed E-state index contributed by atoms with van der Waals surface area (Å²) in [4.78, 5) is 16.5. The zero-order valence-corrected chi connectivity index (χ0v) is 11.7. The molecule has 1 fully saturated rings. The number of hydrogen-bond acceptors (Lipinski definition) is 4. The van der Waals surface area contributed by atoms with Crippen LogP contribution in [-0.2, 0) is 4.79 Å². The van der Waals surface area contributed by atoms with E-state index >= 15 is 0 Å². The highest BCUT2D eigenvalue weighted by molar-refractivity contribution is 5.94. The first-order valence-electron chi connectivity index (χ1n) is 6.90. The molecule has 0 radical (unpaired) electrons. The lowest BCUT2D eigenvalue weighted by molar-refractivity contribution is -0.121.